The molecule has 3 N–H and O–H groups in total. The third kappa shape index (κ3) is 4.48. The summed E-state index contributed by atoms with van der Waals surface area (Å²) in [7, 11) is 0. The lowest BCUT2D eigenvalue weighted by Crippen LogP contribution is -2.44. The molecule has 0 aliphatic heterocycles. The van der Waals surface area contributed by atoms with E-state index in [1.165, 1.54) is 11.1 Å². The molecular weight excluding hydrogens is 280 g/mol. The molecule has 5 nitrogen and oxygen atoms in total. The smallest absolute Gasteiger partial charge is 0.315 e. The topological polar surface area (TPSA) is 78.4 Å². The molecule has 1 aromatic carbocycles. The van der Waals surface area contributed by atoms with Crippen LogP contribution >= 0.6 is 0 Å². The fourth-order valence-electron chi connectivity index (χ4n) is 3.11. The molecule has 0 fully saturated rings. The van der Waals surface area contributed by atoms with Crippen molar-refractivity contribution in [1.82, 2.24) is 10.6 Å². The summed E-state index contributed by atoms with van der Waals surface area (Å²) < 4.78 is 0. The first-order chi connectivity index (χ1) is 10.6. The van der Waals surface area contributed by atoms with Crippen LogP contribution in [-0.4, -0.2) is 29.7 Å². The SMILES string of the molecule is C[C@@H](NC(=O)NCCCC(=O)O)C1CCCc2ccccc21. The van der Waals surface area contributed by atoms with Gasteiger partial charge in [0.1, 0.15) is 0 Å². The summed E-state index contributed by atoms with van der Waals surface area (Å²) >= 11 is 0. The zero-order valence-electron chi connectivity index (χ0n) is 13.0. The van der Waals surface area contributed by atoms with Gasteiger partial charge in [0.25, 0.3) is 0 Å². The molecule has 0 bridgehead atoms. The Morgan fingerprint density at radius 3 is 2.91 bits per heavy atom. The lowest BCUT2D eigenvalue weighted by Gasteiger charge is -2.30. The van der Waals surface area contributed by atoms with Gasteiger partial charge in [0.05, 0.1) is 0 Å². The molecule has 120 valence electrons. The maximum atomic E-state index is 11.9. The van der Waals surface area contributed by atoms with Crippen molar-refractivity contribution < 1.29 is 14.7 Å². The molecule has 0 saturated carbocycles. The Morgan fingerprint density at radius 2 is 2.14 bits per heavy atom. The second kappa shape index (κ2) is 7.82. The molecule has 2 atom stereocenters. The van der Waals surface area contributed by atoms with Gasteiger partial charge in [0, 0.05) is 24.9 Å². The molecule has 0 heterocycles. The third-order valence-electron chi connectivity index (χ3n) is 4.23. The predicted octanol–water partition coefficient (Wildman–Crippen LogP) is 2.66. The molecule has 0 saturated heterocycles. The Morgan fingerprint density at radius 1 is 1.36 bits per heavy atom. The predicted molar refractivity (Wildman–Crippen MR) is 85.0 cm³/mol. The van der Waals surface area contributed by atoms with Crippen molar-refractivity contribution in [2.45, 2.75) is 51.0 Å². The largest absolute Gasteiger partial charge is 0.481 e. The Balaban J connectivity index is 1.83. The van der Waals surface area contributed by atoms with Crippen LogP contribution in [-0.2, 0) is 11.2 Å². The van der Waals surface area contributed by atoms with Crippen molar-refractivity contribution >= 4 is 12.0 Å². The normalized spacial score (nSPS) is 18.1. The van der Waals surface area contributed by atoms with Crippen LogP contribution in [0.2, 0.25) is 0 Å². The number of amides is 2. The van der Waals surface area contributed by atoms with E-state index in [2.05, 4.69) is 34.9 Å². The molecule has 22 heavy (non-hydrogen) atoms. The zero-order valence-corrected chi connectivity index (χ0v) is 13.0. The lowest BCUT2D eigenvalue weighted by atomic mass is 9.79. The number of carbonyl (C=O) groups excluding carboxylic acids is 1. The van der Waals surface area contributed by atoms with Gasteiger partial charge in [-0.15, -0.1) is 0 Å². The van der Waals surface area contributed by atoms with Gasteiger partial charge >= 0.3 is 12.0 Å². The number of rotatable bonds is 6. The fourth-order valence-corrected chi connectivity index (χ4v) is 3.11. The van der Waals surface area contributed by atoms with Gasteiger partial charge in [-0.1, -0.05) is 24.3 Å². The van der Waals surface area contributed by atoms with Gasteiger partial charge in [-0.05, 0) is 43.7 Å². The number of aliphatic carboxylic acids is 1. The number of carboxylic acid groups (broad SMARTS) is 1. The zero-order chi connectivity index (χ0) is 15.9. The molecule has 1 aromatic rings. The first-order valence-corrected chi connectivity index (χ1v) is 7.92. The summed E-state index contributed by atoms with van der Waals surface area (Å²) in [6, 6.07) is 8.27. The van der Waals surface area contributed by atoms with E-state index in [0.717, 1.165) is 19.3 Å². The minimum atomic E-state index is -0.839. The minimum absolute atomic E-state index is 0.0564. The van der Waals surface area contributed by atoms with E-state index in [1.807, 2.05) is 6.92 Å². The van der Waals surface area contributed by atoms with Crippen molar-refractivity contribution in [3.05, 3.63) is 35.4 Å². The minimum Gasteiger partial charge on any atom is -0.481 e. The summed E-state index contributed by atoms with van der Waals surface area (Å²) in [5.74, 6) is -0.496. The quantitative estimate of drug-likeness (QED) is 0.707. The highest BCUT2D eigenvalue weighted by Crippen LogP contribution is 2.33. The second-order valence-electron chi connectivity index (χ2n) is 5.88. The number of hydrogen-bond donors (Lipinski definition) is 3. The van der Waals surface area contributed by atoms with Crippen molar-refractivity contribution in [2.24, 2.45) is 0 Å². The van der Waals surface area contributed by atoms with E-state index in [0.29, 0.717) is 18.9 Å². The number of fused-ring (bicyclic) bond motifs is 1. The number of aryl methyl sites for hydroxylation is 1. The van der Waals surface area contributed by atoms with Gasteiger partial charge in [-0.3, -0.25) is 4.79 Å². The standard InChI is InChI=1S/C17H24N2O3/c1-12(19-17(22)18-11-5-10-16(20)21)14-9-4-7-13-6-2-3-8-15(13)14/h2-3,6,8,12,14H,4-5,7,9-11H2,1H3,(H,20,21)(H2,18,19,22)/t12-,14?/m1/s1. The monoisotopic (exact) mass is 304 g/mol. The van der Waals surface area contributed by atoms with E-state index < -0.39 is 5.97 Å². The van der Waals surface area contributed by atoms with Crippen LogP contribution in [0.3, 0.4) is 0 Å². The second-order valence-corrected chi connectivity index (χ2v) is 5.88. The van der Waals surface area contributed by atoms with Gasteiger partial charge in [-0.2, -0.15) is 0 Å². The highest BCUT2D eigenvalue weighted by Gasteiger charge is 2.25. The van der Waals surface area contributed by atoms with Crippen LogP contribution in [0.5, 0.6) is 0 Å². The maximum Gasteiger partial charge on any atom is 0.315 e. The summed E-state index contributed by atoms with van der Waals surface area (Å²) in [6.07, 6.45) is 3.86. The maximum absolute atomic E-state index is 11.9. The van der Waals surface area contributed by atoms with Crippen molar-refractivity contribution in [3.8, 4) is 0 Å². The lowest BCUT2D eigenvalue weighted by molar-refractivity contribution is -0.137. The Kier molecular flexibility index (Phi) is 5.81. The van der Waals surface area contributed by atoms with Crippen LogP contribution in [0.15, 0.2) is 24.3 Å². The average molecular weight is 304 g/mol. The highest BCUT2D eigenvalue weighted by atomic mass is 16.4. The summed E-state index contributed by atoms with van der Waals surface area (Å²) in [5, 5.41) is 14.3. The molecule has 0 spiro atoms. The van der Waals surface area contributed by atoms with E-state index in [4.69, 9.17) is 5.11 Å². The molecular formula is C17H24N2O3. The first-order valence-electron chi connectivity index (χ1n) is 7.92. The van der Waals surface area contributed by atoms with E-state index in [9.17, 15) is 9.59 Å². The summed E-state index contributed by atoms with van der Waals surface area (Å²) in [4.78, 5) is 22.3. The Hall–Kier alpha value is -2.04. The molecule has 2 rings (SSSR count). The Labute approximate surface area is 131 Å². The van der Waals surface area contributed by atoms with Crippen molar-refractivity contribution in [2.75, 3.05) is 6.54 Å². The fraction of sp³-hybridized carbons (Fsp3) is 0.529. The van der Waals surface area contributed by atoms with Crippen LogP contribution in [0.25, 0.3) is 0 Å². The van der Waals surface area contributed by atoms with Crippen molar-refractivity contribution in [1.29, 1.82) is 0 Å². The number of nitrogens with one attached hydrogen (secondary N) is 2. The van der Waals surface area contributed by atoms with Crippen LogP contribution < -0.4 is 10.6 Å². The van der Waals surface area contributed by atoms with Crippen LogP contribution in [0.4, 0.5) is 4.79 Å². The number of benzene rings is 1. The average Bonchev–Trinajstić information content (AvgIpc) is 2.50. The Bertz CT molecular complexity index is 530. The molecule has 0 aromatic heterocycles. The molecule has 0 radical (unpaired) electrons. The molecule has 5 heteroatoms. The van der Waals surface area contributed by atoms with E-state index >= 15 is 0 Å². The highest BCUT2D eigenvalue weighted by molar-refractivity contribution is 5.74. The molecule has 1 aliphatic carbocycles. The summed E-state index contributed by atoms with van der Waals surface area (Å²) in [6.45, 7) is 2.41. The van der Waals surface area contributed by atoms with Crippen molar-refractivity contribution in [3.63, 3.8) is 0 Å². The number of carbonyl (C=O) groups is 2. The number of carboxylic acids is 1. The third-order valence-corrected chi connectivity index (χ3v) is 4.23. The van der Waals surface area contributed by atoms with E-state index in [1.54, 1.807) is 0 Å². The molecule has 1 unspecified atom stereocenters. The molecule has 2 amide bonds. The van der Waals surface area contributed by atoms with Gasteiger partial charge < -0.3 is 15.7 Å². The van der Waals surface area contributed by atoms with E-state index in [-0.39, 0.29) is 18.5 Å². The first kappa shape index (κ1) is 16.3. The summed E-state index contributed by atoms with van der Waals surface area (Å²) in [5.41, 5.74) is 2.72. The van der Waals surface area contributed by atoms with Crippen LogP contribution in [0, 0.1) is 0 Å². The number of hydrogen-bond acceptors (Lipinski definition) is 2. The number of urea groups is 1. The van der Waals surface area contributed by atoms with Gasteiger partial charge in [0.2, 0.25) is 0 Å². The van der Waals surface area contributed by atoms with Gasteiger partial charge in [-0.25, -0.2) is 4.79 Å². The van der Waals surface area contributed by atoms with Crippen LogP contribution in [0.1, 0.15) is 49.7 Å². The molecule has 1 aliphatic rings. The van der Waals surface area contributed by atoms with Gasteiger partial charge in [0.15, 0.2) is 0 Å².